The molecule has 1 aliphatic heterocycles. The third-order valence-corrected chi connectivity index (χ3v) is 10.8. The Morgan fingerprint density at radius 1 is 1.04 bits per heavy atom. The number of fused-ring (bicyclic) bond motifs is 2. The molecule has 0 unspecified atom stereocenters. The summed E-state index contributed by atoms with van der Waals surface area (Å²) in [4.78, 5) is 41.3. The number of anilines is 2. The molecule has 5 aromatic rings. The van der Waals surface area contributed by atoms with Crippen LogP contribution in [0.2, 0.25) is 25.7 Å². The Balaban J connectivity index is 1.32. The number of ether oxygens (including phenoxy) is 2. The van der Waals surface area contributed by atoms with E-state index < -0.39 is 19.6 Å². The minimum Gasteiger partial charge on any atom is -0.455 e. The molecule has 0 fully saturated rings. The quantitative estimate of drug-likeness (QED) is 0.0695. The van der Waals surface area contributed by atoms with E-state index in [0.717, 1.165) is 39.4 Å². The van der Waals surface area contributed by atoms with Gasteiger partial charge in [0, 0.05) is 50.7 Å². The molecule has 0 saturated heterocycles. The summed E-state index contributed by atoms with van der Waals surface area (Å²) in [7, 11) is -1.31. The maximum atomic E-state index is 14.5. The first-order valence-electron chi connectivity index (χ1n) is 16.2. The summed E-state index contributed by atoms with van der Waals surface area (Å²) in [6.07, 6.45) is 4.11. The molecule has 1 N–H and O–H groups in total. The van der Waals surface area contributed by atoms with Crippen molar-refractivity contribution in [2.45, 2.75) is 65.0 Å². The highest BCUT2D eigenvalue weighted by Crippen LogP contribution is 2.33. The lowest BCUT2D eigenvalue weighted by Gasteiger charge is -2.32. The van der Waals surface area contributed by atoms with Crippen molar-refractivity contribution in [3.63, 3.8) is 0 Å². The van der Waals surface area contributed by atoms with Gasteiger partial charge in [-0.2, -0.15) is 5.10 Å². The predicted molar refractivity (Wildman–Crippen MR) is 194 cm³/mol. The van der Waals surface area contributed by atoms with Crippen LogP contribution in [0.25, 0.3) is 21.3 Å². The molecule has 250 valence electrons. The van der Waals surface area contributed by atoms with Crippen molar-refractivity contribution in [2.24, 2.45) is 0 Å². The number of pyridine rings is 1. The van der Waals surface area contributed by atoms with Crippen LogP contribution >= 0.6 is 11.3 Å². The van der Waals surface area contributed by atoms with Gasteiger partial charge in [0.05, 0.1) is 16.4 Å². The average molecular weight is 683 g/mol. The number of amides is 1. The van der Waals surface area contributed by atoms with Gasteiger partial charge < -0.3 is 14.4 Å². The van der Waals surface area contributed by atoms with E-state index in [1.165, 1.54) is 11.3 Å². The summed E-state index contributed by atoms with van der Waals surface area (Å²) in [6.45, 7) is 14.3. The number of nitrogens with zero attached hydrogens (tertiary/aromatic N) is 5. The van der Waals surface area contributed by atoms with E-state index in [0.29, 0.717) is 41.8 Å². The van der Waals surface area contributed by atoms with Crippen LogP contribution in [0.15, 0.2) is 67.0 Å². The highest BCUT2D eigenvalue weighted by molar-refractivity contribution is 7.22. The fraction of sp³-hybridized carbons (Fsp3) is 0.361. The SMILES string of the molecule is CC(C)(C)OC(=O)c1nc(N2CCc3cccc(C(=O)N(COCC[Si](C)(C)C)c4nc5ccccc5s4)c3C2)ccc1-c1cn[nH]c1. The monoisotopic (exact) mass is 682 g/mol. The zero-order valence-electron chi connectivity index (χ0n) is 28.4. The fourth-order valence-electron chi connectivity index (χ4n) is 5.57. The molecule has 0 aliphatic carbocycles. The number of hydrogen-bond acceptors (Lipinski definition) is 9. The lowest BCUT2D eigenvalue weighted by atomic mass is 9.94. The van der Waals surface area contributed by atoms with Gasteiger partial charge in [0.2, 0.25) is 0 Å². The summed E-state index contributed by atoms with van der Waals surface area (Å²) < 4.78 is 12.9. The first kappa shape index (κ1) is 33.5. The van der Waals surface area contributed by atoms with Gasteiger partial charge in [-0.1, -0.05) is 55.2 Å². The van der Waals surface area contributed by atoms with Crippen LogP contribution in [0.3, 0.4) is 0 Å². The smallest absolute Gasteiger partial charge is 0.358 e. The zero-order valence-corrected chi connectivity index (χ0v) is 30.2. The average Bonchev–Trinajstić information content (AvgIpc) is 3.73. The van der Waals surface area contributed by atoms with E-state index in [1.807, 2.05) is 69.3 Å². The molecule has 0 bridgehead atoms. The van der Waals surface area contributed by atoms with E-state index in [1.54, 1.807) is 17.3 Å². The second kappa shape index (κ2) is 13.6. The largest absolute Gasteiger partial charge is 0.455 e. The van der Waals surface area contributed by atoms with Crippen molar-refractivity contribution in [1.29, 1.82) is 0 Å². The first-order valence-corrected chi connectivity index (χ1v) is 20.7. The van der Waals surface area contributed by atoms with Crippen LogP contribution in [0.4, 0.5) is 10.9 Å². The van der Waals surface area contributed by atoms with E-state index in [4.69, 9.17) is 19.4 Å². The topological polar surface area (TPSA) is 114 Å². The number of benzene rings is 2. The number of thiazole rings is 1. The molecule has 1 aliphatic rings. The molecule has 10 nitrogen and oxygen atoms in total. The van der Waals surface area contributed by atoms with Crippen molar-refractivity contribution < 1.29 is 19.1 Å². The van der Waals surface area contributed by atoms with Crippen LogP contribution < -0.4 is 9.80 Å². The molecule has 4 heterocycles. The number of hydrogen-bond donors (Lipinski definition) is 1. The lowest BCUT2D eigenvalue weighted by molar-refractivity contribution is 0.00638. The van der Waals surface area contributed by atoms with Crippen molar-refractivity contribution in [1.82, 2.24) is 20.2 Å². The van der Waals surface area contributed by atoms with Gasteiger partial charge in [0.1, 0.15) is 18.1 Å². The lowest BCUT2D eigenvalue weighted by Crippen LogP contribution is -2.37. The number of para-hydroxylation sites is 1. The van der Waals surface area contributed by atoms with Crippen molar-refractivity contribution in [3.8, 4) is 11.1 Å². The van der Waals surface area contributed by atoms with E-state index in [9.17, 15) is 9.59 Å². The van der Waals surface area contributed by atoms with Crippen LogP contribution in [-0.4, -0.2) is 65.6 Å². The van der Waals surface area contributed by atoms with Gasteiger partial charge >= 0.3 is 5.97 Å². The third-order valence-electron chi connectivity index (χ3n) is 8.08. The summed E-state index contributed by atoms with van der Waals surface area (Å²) in [5.41, 5.74) is 4.41. The molecule has 6 rings (SSSR count). The molecule has 3 aromatic heterocycles. The number of aromatic amines is 1. The molecule has 1 amide bonds. The predicted octanol–water partition coefficient (Wildman–Crippen LogP) is 7.56. The number of esters is 1. The normalized spacial score (nSPS) is 13.4. The summed E-state index contributed by atoms with van der Waals surface area (Å²) in [6, 6.07) is 18.6. The van der Waals surface area contributed by atoms with Gasteiger partial charge in [0.15, 0.2) is 10.8 Å². The van der Waals surface area contributed by atoms with Crippen LogP contribution in [-0.2, 0) is 22.4 Å². The van der Waals surface area contributed by atoms with Crippen molar-refractivity contribution in [2.75, 3.05) is 29.7 Å². The number of aromatic nitrogens is 4. The van der Waals surface area contributed by atoms with E-state index in [-0.39, 0.29) is 18.3 Å². The van der Waals surface area contributed by atoms with Gasteiger partial charge in [0.25, 0.3) is 5.91 Å². The van der Waals surface area contributed by atoms with E-state index in [2.05, 4.69) is 40.8 Å². The molecule has 2 aromatic carbocycles. The second-order valence-electron chi connectivity index (χ2n) is 14.2. The highest BCUT2D eigenvalue weighted by Gasteiger charge is 2.30. The molecule has 0 saturated carbocycles. The Labute approximate surface area is 286 Å². The van der Waals surface area contributed by atoms with Crippen LogP contribution in [0.1, 0.15) is 52.7 Å². The Morgan fingerprint density at radius 3 is 2.58 bits per heavy atom. The summed E-state index contributed by atoms with van der Waals surface area (Å²) >= 11 is 1.49. The minimum absolute atomic E-state index is 0.118. The molecule has 12 heteroatoms. The number of rotatable bonds is 10. The summed E-state index contributed by atoms with van der Waals surface area (Å²) in [5.74, 6) is -0.0263. The number of carbonyl (C=O) groups excluding carboxylic acids is 2. The highest BCUT2D eigenvalue weighted by atomic mass is 32.1. The Bertz CT molecular complexity index is 1900. The first-order chi connectivity index (χ1) is 22.9. The van der Waals surface area contributed by atoms with Crippen molar-refractivity contribution >= 4 is 52.5 Å². The molecule has 0 radical (unpaired) electrons. The van der Waals surface area contributed by atoms with E-state index >= 15 is 0 Å². The van der Waals surface area contributed by atoms with Gasteiger partial charge in [-0.15, -0.1) is 0 Å². The maximum Gasteiger partial charge on any atom is 0.358 e. The zero-order chi connectivity index (χ0) is 34.1. The maximum absolute atomic E-state index is 14.5. The third kappa shape index (κ3) is 7.67. The summed E-state index contributed by atoms with van der Waals surface area (Å²) in [5, 5.41) is 7.48. The van der Waals surface area contributed by atoms with Gasteiger partial charge in [-0.05, 0) is 74.7 Å². The second-order valence-corrected chi connectivity index (χ2v) is 20.8. The molecular formula is C36H42N6O4SSi. The minimum atomic E-state index is -1.31. The van der Waals surface area contributed by atoms with Crippen LogP contribution in [0, 0.1) is 0 Å². The molecule has 0 atom stereocenters. The van der Waals surface area contributed by atoms with Gasteiger partial charge in [-0.3, -0.25) is 14.8 Å². The fourth-order valence-corrected chi connectivity index (χ4v) is 7.28. The Morgan fingerprint density at radius 2 is 1.85 bits per heavy atom. The molecule has 0 spiro atoms. The van der Waals surface area contributed by atoms with Crippen LogP contribution in [0.5, 0.6) is 0 Å². The number of nitrogens with one attached hydrogen (secondary N) is 1. The molecular weight excluding hydrogens is 641 g/mol. The Kier molecular flexibility index (Phi) is 9.50. The van der Waals surface area contributed by atoms with Crippen molar-refractivity contribution in [3.05, 3.63) is 89.4 Å². The number of carbonyl (C=O) groups is 2. The van der Waals surface area contributed by atoms with Gasteiger partial charge in [-0.25, -0.2) is 14.8 Å². The number of H-pyrrole nitrogens is 1. The standard InChI is InChI=1S/C36H42N6O4SSi/c1-36(2,3)46-34(44)32-26(25-20-37-38-21-25)14-15-31(40-32)41-17-16-24-10-9-11-27(28(24)22-41)33(43)42(23-45-18-19-48(4,5)6)35-39-29-12-7-8-13-30(29)47-35/h7-15,20-21H,16-19,22-23H2,1-6H3,(H,37,38). The molecule has 48 heavy (non-hydrogen) atoms. The Hall–Kier alpha value is -4.39.